The van der Waals surface area contributed by atoms with Gasteiger partial charge in [-0.25, -0.2) is 4.52 Å². The van der Waals surface area contributed by atoms with Crippen LogP contribution in [0.4, 0.5) is 0 Å². The molecule has 1 unspecified atom stereocenters. The zero-order valence-corrected chi connectivity index (χ0v) is 13.1. The van der Waals surface area contributed by atoms with Gasteiger partial charge < -0.3 is 9.84 Å². The molecule has 1 atom stereocenters. The van der Waals surface area contributed by atoms with E-state index in [4.69, 9.17) is 4.74 Å². The highest BCUT2D eigenvalue weighted by molar-refractivity contribution is 9.10. The highest BCUT2D eigenvalue weighted by atomic mass is 79.9. The fourth-order valence-corrected chi connectivity index (χ4v) is 2.97. The average molecular weight is 347 g/mol. The first-order valence-electron chi connectivity index (χ1n) is 6.62. The molecule has 2 heterocycles. The van der Waals surface area contributed by atoms with Gasteiger partial charge in [-0.15, -0.1) is 0 Å². The number of pyridine rings is 1. The standard InChI is InChI=1S/C16H15BrN2O2/c1-21-16-6-5-11(8-13(16)17)9-15(20)12-10-18-19-7-3-2-4-14(12)19/h2-8,10,15,20H,9H2,1H3. The van der Waals surface area contributed by atoms with Gasteiger partial charge in [0.25, 0.3) is 0 Å². The maximum Gasteiger partial charge on any atom is 0.133 e. The molecule has 21 heavy (non-hydrogen) atoms. The Balaban J connectivity index is 1.86. The Kier molecular flexibility index (Phi) is 3.94. The van der Waals surface area contributed by atoms with Crippen LogP contribution in [0.25, 0.3) is 5.52 Å². The predicted molar refractivity (Wildman–Crippen MR) is 84.5 cm³/mol. The first-order chi connectivity index (χ1) is 10.2. The zero-order valence-electron chi connectivity index (χ0n) is 11.5. The van der Waals surface area contributed by atoms with Gasteiger partial charge in [-0.3, -0.25) is 0 Å². The second kappa shape index (κ2) is 5.87. The Labute approximate surface area is 131 Å². The maximum absolute atomic E-state index is 10.5. The number of nitrogens with zero attached hydrogens (tertiary/aromatic N) is 2. The zero-order chi connectivity index (χ0) is 14.8. The lowest BCUT2D eigenvalue weighted by Crippen LogP contribution is -2.02. The summed E-state index contributed by atoms with van der Waals surface area (Å²) in [6.07, 6.45) is 3.53. The van der Waals surface area contributed by atoms with Crippen molar-refractivity contribution < 1.29 is 9.84 Å². The van der Waals surface area contributed by atoms with Gasteiger partial charge in [0.15, 0.2) is 0 Å². The van der Waals surface area contributed by atoms with Crippen LogP contribution < -0.4 is 4.74 Å². The normalized spacial score (nSPS) is 12.5. The van der Waals surface area contributed by atoms with E-state index in [0.717, 1.165) is 26.9 Å². The Morgan fingerprint density at radius 3 is 2.95 bits per heavy atom. The quantitative estimate of drug-likeness (QED) is 0.787. The molecule has 0 aliphatic rings. The fraction of sp³-hybridized carbons (Fsp3) is 0.188. The van der Waals surface area contributed by atoms with Crippen LogP contribution in [0.1, 0.15) is 17.2 Å². The van der Waals surface area contributed by atoms with E-state index in [9.17, 15) is 5.11 Å². The summed E-state index contributed by atoms with van der Waals surface area (Å²) in [5.41, 5.74) is 2.80. The largest absolute Gasteiger partial charge is 0.496 e. The first-order valence-corrected chi connectivity index (χ1v) is 7.41. The van der Waals surface area contributed by atoms with Crippen molar-refractivity contribution in [1.82, 2.24) is 9.61 Å². The van der Waals surface area contributed by atoms with E-state index < -0.39 is 6.10 Å². The molecule has 0 spiro atoms. The summed E-state index contributed by atoms with van der Waals surface area (Å²) >= 11 is 3.46. The van der Waals surface area contributed by atoms with Crippen LogP contribution in [0.2, 0.25) is 0 Å². The van der Waals surface area contributed by atoms with Crippen molar-refractivity contribution in [1.29, 1.82) is 0 Å². The van der Waals surface area contributed by atoms with Gasteiger partial charge in [0.1, 0.15) is 5.75 Å². The molecule has 4 nitrogen and oxygen atoms in total. The summed E-state index contributed by atoms with van der Waals surface area (Å²) in [7, 11) is 1.63. The molecule has 0 bridgehead atoms. The lowest BCUT2D eigenvalue weighted by Gasteiger charge is -2.11. The molecule has 5 heteroatoms. The topological polar surface area (TPSA) is 46.8 Å². The number of fused-ring (bicyclic) bond motifs is 1. The van der Waals surface area contributed by atoms with Gasteiger partial charge in [-0.2, -0.15) is 5.10 Å². The maximum atomic E-state index is 10.5. The number of benzene rings is 1. The minimum absolute atomic E-state index is 0.527. The Hall–Kier alpha value is -1.85. The van der Waals surface area contributed by atoms with Crippen molar-refractivity contribution in [2.75, 3.05) is 7.11 Å². The molecule has 3 rings (SSSR count). The number of rotatable bonds is 4. The van der Waals surface area contributed by atoms with E-state index >= 15 is 0 Å². The molecule has 0 amide bonds. The molecule has 0 saturated heterocycles. The third-order valence-electron chi connectivity index (χ3n) is 3.46. The highest BCUT2D eigenvalue weighted by Crippen LogP contribution is 2.28. The molecule has 2 aromatic heterocycles. The van der Waals surface area contributed by atoms with Crippen LogP contribution in [0.3, 0.4) is 0 Å². The number of hydrogen-bond donors (Lipinski definition) is 1. The van der Waals surface area contributed by atoms with Crippen LogP contribution >= 0.6 is 15.9 Å². The summed E-state index contributed by atoms with van der Waals surface area (Å²) in [4.78, 5) is 0. The molecule has 0 aliphatic carbocycles. The van der Waals surface area contributed by atoms with Crippen molar-refractivity contribution >= 4 is 21.4 Å². The summed E-state index contributed by atoms with van der Waals surface area (Å²) in [6.45, 7) is 0. The highest BCUT2D eigenvalue weighted by Gasteiger charge is 2.14. The minimum Gasteiger partial charge on any atom is -0.496 e. The van der Waals surface area contributed by atoms with Crippen molar-refractivity contribution in [2.24, 2.45) is 0 Å². The molecule has 3 aromatic rings. The molecule has 1 N–H and O–H groups in total. The number of aromatic nitrogens is 2. The van der Waals surface area contributed by atoms with Gasteiger partial charge in [0.05, 0.1) is 29.4 Å². The van der Waals surface area contributed by atoms with E-state index in [1.807, 2.05) is 42.6 Å². The van der Waals surface area contributed by atoms with Crippen molar-refractivity contribution in [2.45, 2.75) is 12.5 Å². The minimum atomic E-state index is -0.592. The van der Waals surface area contributed by atoms with Crippen LogP contribution in [0, 0.1) is 0 Å². The van der Waals surface area contributed by atoms with Gasteiger partial charge in [0, 0.05) is 18.2 Å². The number of aliphatic hydroxyl groups is 1. The number of ether oxygens (including phenoxy) is 1. The number of hydrogen-bond acceptors (Lipinski definition) is 3. The Bertz CT molecular complexity index is 770. The van der Waals surface area contributed by atoms with Gasteiger partial charge in [0.2, 0.25) is 0 Å². The second-order valence-corrected chi connectivity index (χ2v) is 5.67. The molecule has 0 aliphatic heterocycles. The molecule has 1 aromatic carbocycles. The lowest BCUT2D eigenvalue weighted by atomic mass is 10.0. The molecular formula is C16H15BrN2O2. The van der Waals surface area contributed by atoms with E-state index in [2.05, 4.69) is 21.0 Å². The van der Waals surface area contributed by atoms with E-state index in [0.29, 0.717) is 6.42 Å². The second-order valence-electron chi connectivity index (χ2n) is 4.82. The average Bonchev–Trinajstić information content (AvgIpc) is 2.91. The summed E-state index contributed by atoms with van der Waals surface area (Å²) in [5, 5.41) is 14.7. The first kappa shape index (κ1) is 14.1. The molecule has 0 saturated carbocycles. The monoisotopic (exact) mass is 346 g/mol. The van der Waals surface area contributed by atoms with Gasteiger partial charge >= 0.3 is 0 Å². The van der Waals surface area contributed by atoms with Crippen molar-refractivity contribution in [3.8, 4) is 5.75 Å². The Morgan fingerprint density at radius 1 is 1.33 bits per heavy atom. The van der Waals surface area contributed by atoms with E-state index in [1.54, 1.807) is 17.8 Å². The number of aliphatic hydroxyl groups excluding tert-OH is 1. The van der Waals surface area contributed by atoms with Crippen LogP contribution in [0.5, 0.6) is 5.75 Å². The summed E-state index contributed by atoms with van der Waals surface area (Å²) in [5.74, 6) is 0.782. The van der Waals surface area contributed by atoms with Crippen molar-refractivity contribution in [3.05, 3.63) is 64.4 Å². The number of methoxy groups -OCH3 is 1. The Morgan fingerprint density at radius 2 is 2.19 bits per heavy atom. The summed E-state index contributed by atoms with van der Waals surface area (Å²) in [6, 6.07) is 11.6. The van der Waals surface area contributed by atoms with E-state index in [-0.39, 0.29) is 0 Å². The van der Waals surface area contributed by atoms with Crippen LogP contribution in [-0.2, 0) is 6.42 Å². The number of halogens is 1. The SMILES string of the molecule is COc1ccc(CC(O)c2cnn3ccccc23)cc1Br. The predicted octanol–water partition coefficient (Wildman–Crippen LogP) is 3.38. The third kappa shape index (κ3) is 2.80. The molecule has 108 valence electrons. The third-order valence-corrected chi connectivity index (χ3v) is 4.08. The smallest absolute Gasteiger partial charge is 0.133 e. The van der Waals surface area contributed by atoms with Crippen LogP contribution in [0.15, 0.2) is 53.3 Å². The molecule has 0 fully saturated rings. The molecule has 0 radical (unpaired) electrons. The molecular weight excluding hydrogens is 332 g/mol. The van der Waals surface area contributed by atoms with Gasteiger partial charge in [-0.05, 0) is 45.8 Å². The van der Waals surface area contributed by atoms with Crippen LogP contribution in [-0.4, -0.2) is 21.8 Å². The lowest BCUT2D eigenvalue weighted by molar-refractivity contribution is 0.180. The van der Waals surface area contributed by atoms with E-state index in [1.165, 1.54) is 0 Å². The summed E-state index contributed by atoms with van der Waals surface area (Å²) < 4.78 is 7.86. The fourth-order valence-electron chi connectivity index (χ4n) is 2.38. The van der Waals surface area contributed by atoms with Crippen molar-refractivity contribution in [3.63, 3.8) is 0 Å². The van der Waals surface area contributed by atoms with Gasteiger partial charge in [-0.1, -0.05) is 12.1 Å².